The summed E-state index contributed by atoms with van der Waals surface area (Å²) in [5, 5.41) is 0. The van der Waals surface area contributed by atoms with Gasteiger partial charge in [0.2, 0.25) is 5.91 Å². The van der Waals surface area contributed by atoms with Gasteiger partial charge < -0.3 is 9.64 Å². The summed E-state index contributed by atoms with van der Waals surface area (Å²) in [4.78, 5) is 27.1. The molecule has 1 aliphatic heterocycles. The number of nitrogens with zero attached hydrogens (tertiary/aromatic N) is 1. The minimum atomic E-state index is -0.453. The molecule has 3 saturated carbocycles. The van der Waals surface area contributed by atoms with E-state index in [1.807, 2.05) is 27.8 Å². The van der Waals surface area contributed by atoms with E-state index in [4.69, 9.17) is 4.74 Å². The summed E-state index contributed by atoms with van der Waals surface area (Å²) in [6.07, 6.45) is 7.89. The van der Waals surface area contributed by atoms with Gasteiger partial charge in [0, 0.05) is 25.4 Å². The fourth-order valence-corrected chi connectivity index (χ4v) is 8.97. The molecule has 4 rings (SSSR count). The van der Waals surface area contributed by atoms with Crippen molar-refractivity contribution in [3.63, 3.8) is 0 Å². The molecule has 1 amide bonds. The molecular formula is C27H45NO3. The van der Waals surface area contributed by atoms with Crippen molar-refractivity contribution in [3.8, 4) is 0 Å². The van der Waals surface area contributed by atoms with Gasteiger partial charge >= 0.3 is 5.97 Å². The summed E-state index contributed by atoms with van der Waals surface area (Å²) >= 11 is 0. The smallest absolute Gasteiger partial charge is 0.311 e. The number of esters is 1. The van der Waals surface area contributed by atoms with Crippen LogP contribution < -0.4 is 0 Å². The third-order valence-electron chi connectivity index (χ3n) is 10.4. The largest absolute Gasteiger partial charge is 0.462 e. The molecule has 4 fully saturated rings. The first-order valence-corrected chi connectivity index (χ1v) is 12.8. The zero-order valence-corrected chi connectivity index (χ0v) is 21.2. The monoisotopic (exact) mass is 431 g/mol. The molecule has 0 N–H and O–H groups in total. The molecule has 0 aromatic carbocycles. The van der Waals surface area contributed by atoms with Crippen molar-refractivity contribution < 1.29 is 14.3 Å². The van der Waals surface area contributed by atoms with Crippen LogP contribution in [0.15, 0.2) is 0 Å². The zero-order chi connectivity index (χ0) is 22.9. The van der Waals surface area contributed by atoms with Gasteiger partial charge in [-0.25, -0.2) is 0 Å². The molecule has 31 heavy (non-hydrogen) atoms. The van der Waals surface area contributed by atoms with Crippen molar-refractivity contribution >= 4 is 11.9 Å². The van der Waals surface area contributed by atoms with E-state index in [0.717, 1.165) is 24.7 Å². The molecule has 0 bridgehead atoms. The Balaban J connectivity index is 1.57. The van der Waals surface area contributed by atoms with Crippen LogP contribution in [0.3, 0.4) is 0 Å². The highest BCUT2D eigenvalue weighted by molar-refractivity contribution is 5.77. The Hall–Kier alpha value is -1.06. The van der Waals surface area contributed by atoms with E-state index in [0.29, 0.717) is 36.1 Å². The number of fused-ring (bicyclic) bond motifs is 5. The second-order valence-corrected chi connectivity index (χ2v) is 13.1. The number of hydrogen-bond acceptors (Lipinski definition) is 3. The summed E-state index contributed by atoms with van der Waals surface area (Å²) in [6, 6.07) is 0.417. The van der Waals surface area contributed by atoms with Gasteiger partial charge in [0.25, 0.3) is 0 Å². The van der Waals surface area contributed by atoms with Gasteiger partial charge in [-0.15, -0.1) is 0 Å². The Morgan fingerprint density at radius 3 is 2.42 bits per heavy atom. The van der Waals surface area contributed by atoms with Crippen LogP contribution in [-0.2, 0) is 14.3 Å². The molecule has 0 aromatic heterocycles. The molecule has 0 spiro atoms. The summed E-state index contributed by atoms with van der Waals surface area (Å²) < 4.78 is 6.07. The standard InChI is InChI=1S/C27H45NO3/c1-16-15-20-18-9-10-21-26(6,14-12-22(29)28(21)8)19(18)11-13-27(20,7)23(16)17(2)31-24(30)25(3,4)5/h16-21,23H,9-15H2,1-8H3/t16-,17+,18+,19-,20-,21+,23+,26+,27-/m0/s1. The minimum absolute atomic E-state index is 0.0290. The Labute approximate surface area is 189 Å². The lowest BCUT2D eigenvalue weighted by Gasteiger charge is -2.62. The number of carbonyl (C=O) groups is 2. The van der Waals surface area contributed by atoms with Crippen molar-refractivity contribution in [1.29, 1.82) is 0 Å². The van der Waals surface area contributed by atoms with E-state index in [-0.39, 0.29) is 22.9 Å². The maximum absolute atomic E-state index is 12.6. The van der Waals surface area contributed by atoms with Crippen molar-refractivity contribution in [1.82, 2.24) is 4.90 Å². The van der Waals surface area contributed by atoms with Gasteiger partial charge in [-0.1, -0.05) is 20.8 Å². The second kappa shape index (κ2) is 7.48. The number of piperidine rings is 1. The summed E-state index contributed by atoms with van der Waals surface area (Å²) in [7, 11) is 2.04. The molecule has 0 unspecified atom stereocenters. The molecule has 4 aliphatic rings. The highest BCUT2D eigenvalue weighted by Gasteiger charge is 2.63. The van der Waals surface area contributed by atoms with Crippen LogP contribution in [0.25, 0.3) is 0 Å². The van der Waals surface area contributed by atoms with E-state index in [9.17, 15) is 9.59 Å². The predicted octanol–water partition coefficient (Wildman–Crippen LogP) is 5.69. The van der Waals surface area contributed by atoms with Crippen LogP contribution in [0.4, 0.5) is 0 Å². The van der Waals surface area contributed by atoms with Crippen LogP contribution in [0.5, 0.6) is 0 Å². The summed E-state index contributed by atoms with van der Waals surface area (Å²) in [5.74, 6) is 3.46. The first-order valence-electron chi connectivity index (χ1n) is 12.8. The molecule has 0 aromatic rings. The van der Waals surface area contributed by atoms with E-state index in [1.165, 1.54) is 25.7 Å². The molecule has 9 atom stereocenters. The molecule has 1 heterocycles. The maximum Gasteiger partial charge on any atom is 0.311 e. The average Bonchev–Trinajstić information content (AvgIpc) is 2.94. The van der Waals surface area contributed by atoms with Crippen molar-refractivity contribution in [2.45, 2.75) is 106 Å². The molecule has 4 nitrogen and oxygen atoms in total. The first-order chi connectivity index (χ1) is 14.3. The molecule has 1 saturated heterocycles. The fraction of sp³-hybridized carbons (Fsp3) is 0.926. The van der Waals surface area contributed by atoms with E-state index in [1.54, 1.807) is 0 Å². The SMILES string of the molecule is C[C@H]1C[C@H]2[C@@H]3CC[C@H]4N(C)C(=O)CC[C@]4(C)[C@H]3CC[C@]2(C)[C@H]1[C@@H](C)OC(=O)C(C)(C)C. The van der Waals surface area contributed by atoms with Crippen LogP contribution in [0.2, 0.25) is 0 Å². The van der Waals surface area contributed by atoms with Gasteiger partial charge in [0.05, 0.1) is 5.41 Å². The highest BCUT2D eigenvalue weighted by Crippen LogP contribution is 2.67. The predicted molar refractivity (Wildman–Crippen MR) is 123 cm³/mol. The van der Waals surface area contributed by atoms with Crippen molar-refractivity contribution in [3.05, 3.63) is 0 Å². The zero-order valence-electron chi connectivity index (χ0n) is 21.2. The van der Waals surface area contributed by atoms with Crippen LogP contribution >= 0.6 is 0 Å². The number of likely N-dealkylation sites (tertiary alicyclic amines) is 1. The van der Waals surface area contributed by atoms with E-state index < -0.39 is 5.41 Å². The number of ether oxygens (including phenoxy) is 1. The summed E-state index contributed by atoms with van der Waals surface area (Å²) in [6.45, 7) is 15.4. The number of amides is 1. The molecule has 4 heteroatoms. The topological polar surface area (TPSA) is 46.6 Å². The first kappa shape index (κ1) is 23.1. The molecule has 3 aliphatic carbocycles. The van der Waals surface area contributed by atoms with Crippen LogP contribution in [0.1, 0.15) is 93.4 Å². The number of rotatable bonds is 2. The average molecular weight is 432 g/mol. The third-order valence-corrected chi connectivity index (χ3v) is 10.4. The van der Waals surface area contributed by atoms with Gasteiger partial charge in [-0.3, -0.25) is 9.59 Å². The fourth-order valence-electron chi connectivity index (χ4n) is 8.97. The molecular weight excluding hydrogens is 386 g/mol. The number of hydrogen-bond donors (Lipinski definition) is 0. The molecule has 176 valence electrons. The second-order valence-electron chi connectivity index (χ2n) is 13.1. The van der Waals surface area contributed by atoms with Crippen molar-refractivity contribution in [2.24, 2.45) is 45.8 Å². The van der Waals surface area contributed by atoms with E-state index >= 15 is 0 Å². The van der Waals surface area contributed by atoms with Gasteiger partial charge in [-0.05, 0) is 101 Å². The Morgan fingerprint density at radius 1 is 1.10 bits per heavy atom. The Kier molecular flexibility index (Phi) is 5.58. The van der Waals surface area contributed by atoms with Gasteiger partial charge in [-0.2, -0.15) is 0 Å². The van der Waals surface area contributed by atoms with E-state index in [2.05, 4.69) is 32.6 Å². The minimum Gasteiger partial charge on any atom is -0.462 e. The number of carbonyl (C=O) groups excluding carboxylic acids is 2. The lowest BCUT2D eigenvalue weighted by Crippen LogP contribution is -2.61. The van der Waals surface area contributed by atoms with Crippen LogP contribution in [0, 0.1) is 45.8 Å². The Morgan fingerprint density at radius 2 is 1.77 bits per heavy atom. The quantitative estimate of drug-likeness (QED) is 0.528. The van der Waals surface area contributed by atoms with Crippen molar-refractivity contribution in [2.75, 3.05) is 7.05 Å². The lowest BCUT2D eigenvalue weighted by molar-refractivity contribution is -0.170. The van der Waals surface area contributed by atoms with Gasteiger partial charge in [0.1, 0.15) is 6.10 Å². The third kappa shape index (κ3) is 3.46. The normalized spacial score (nSPS) is 46.1. The van der Waals surface area contributed by atoms with Crippen LogP contribution in [-0.4, -0.2) is 36.0 Å². The summed E-state index contributed by atoms with van der Waals surface area (Å²) in [5.41, 5.74) is 0.0573. The Bertz CT molecular complexity index is 741. The maximum atomic E-state index is 12.6. The van der Waals surface area contributed by atoms with Gasteiger partial charge in [0.15, 0.2) is 0 Å². The highest BCUT2D eigenvalue weighted by atomic mass is 16.5. The lowest BCUT2D eigenvalue weighted by atomic mass is 9.46. The molecule has 0 radical (unpaired) electrons.